The smallest absolute Gasteiger partial charge is 0.251 e. The number of hydrogen-bond donors (Lipinski definition) is 2. The predicted molar refractivity (Wildman–Crippen MR) is 143 cm³/mol. The summed E-state index contributed by atoms with van der Waals surface area (Å²) in [7, 11) is 0. The third kappa shape index (κ3) is 6.01. The Labute approximate surface area is 232 Å². The highest BCUT2D eigenvalue weighted by Crippen LogP contribution is 2.38. The number of benzene rings is 3. The molecule has 1 aromatic heterocycles. The standard InChI is InChI=1S/C31H23F4N3O3/c32-19-4-6-28-24(14-19)25(31(41)38-28)15-22(39)11-18(8-16-9-20(33)13-21(34)10-16)29-23(2-1-7-37-29)17-3-5-27(35)26(12-17)30(36)40/h1-7,9-10,12-14,18,25H,8,11,15H2,(H2,36,40)(H,38,41)/t18-,25?/m1/s1. The molecular formula is C31H23F4N3O3. The van der Waals surface area contributed by atoms with Crippen molar-refractivity contribution in [1.29, 1.82) is 0 Å². The van der Waals surface area contributed by atoms with Crippen molar-refractivity contribution in [3.8, 4) is 11.1 Å². The normalized spacial score (nSPS) is 14.8. The molecule has 2 amide bonds. The molecule has 2 heterocycles. The van der Waals surface area contributed by atoms with E-state index in [9.17, 15) is 31.9 Å². The minimum atomic E-state index is -0.969. The molecule has 1 aliphatic rings. The van der Waals surface area contributed by atoms with Crippen molar-refractivity contribution in [2.75, 3.05) is 5.32 Å². The first-order chi connectivity index (χ1) is 19.6. The van der Waals surface area contributed by atoms with Crippen molar-refractivity contribution < 1.29 is 31.9 Å². The number of hydrogen-bond acceptors (Lipinski definition) is 4. The summed E-state index contributed by atoms with van der Waals surface area (Å²) in [4.78, 5) is 42.3. The molecule has 1 unspecified atom stereocenters. The molecule has 0 bridgehead atoms. The molecule has 0 aliphatic carbocycles. The molecule has 4 aromatic rings. The third-order valence-electron chi connectivity index (χ3n) is 7.04. The van der Waals surface area contributed by atoms with Crippen LogP contribution in [0.25, 0.3) is 11.1 Å². The van der Waals surface area contributed by atoms with Crippen molar-refractivity contribution in [2.24, 2.45) is 5.73 Å². The van der Waals surface area contributed by atoms with Gasteiger partial charge in [-0.1, -0.05) is 12.1 Å². The molecule has 1 aliphatic heterocycles. The Morgan fingerprint density at radius 1 is 0.927 bits per heavy atom. The molecule has 10 heteroatoms. The average Bonchev–Trinajstić information content (AvgIpc) is 3.21. The maximum atomic E-state index is 14.2. The number of ketones is 1. The number of fused-ring (bicyclic) bond motifs is 1. The second-order valence-corrected chi connectivity index (χ2v) is 9.89. The molecule has 6 nitrogen and oxygen atoms in total. The number of nitrogens with two attached hydrogens (primary N) is 1. The predicted octanol–water partition coefficient (Wildman–Crippen LogP) is 5.82. The molecule has 208 valence electrons. The molecule has 0 radical (unpaired) electrons. The lowest BCUT2D eigenvalue weighted by atomic mass is 9.84. The number of halogens is 4. The lowest BCUT2D eigenvalue weighted by Gasteiger charge is -2.20. The number of rotatable bonds is 9. The molecule has 3 aromatic carbocycles. The van der Waals surface area contributed by atoms with E-state index in [2.05, 4.69) is 10.3 Å². The van der Waals surface area contributed by atoms with Crippen LogP contribution in [0.5, 0.6) is 0 Å². The fourth-order valence-corrected chi connectivity index (χ4v) is 5.23. The summed E-state index contributed by atoms with van der Waals surface area (Å²) in [6, 6.07) is 13.9. The highest BCUT2D eigenvalue weighted by Gasteiger charge is 2.33. The quantitative estimate of drug-likeness (QED) is 0.252. The van der Waals surface area contributed by atoms with Gasteiger partial charge in [0.15, 0.2) is 0 Å². The van der Waals surface area contributed by atoms with Crippen LogP contribution in [-0.2, 0) is 16.0 Å². The molecule has 2 atom stereocenters. The molecule has 41 heavy (non-hydrogen) atoms. The van der Waals surface area contributed by atoms with Crippen LogP contribution in [0.2, 0.25) is 0 Å². The lowest BCUT2D eigenvalue weighted by molar-refractivity contribution is -0.124. The second kappa shape index (κ2) is 11.3. The lowest BCUT2D eigenvalue weighted by Crippen LogP contribution is -2.19. The first-order valence-electron chi connectivity index (χ1n) is 12.7. The number of carbonyl (C=O) groups is 3. The van der Waals surface area contributed by atoms with E-state index in [0.717, 1.165) is 24.3 Å². The minimum absolute atomic E-state index is 0.00359. The molecule has 0 saturated carbocycles. The van der Waals surface area contributed by atoms with Crippen molar-refractivity contribution in [1.82, 2.24) is 4.98 Å². The molecular weight excluding hydrogens is 538 g/mol. The second-order valence-electron chi connectivity index (χ2n) is 9.89. The van der Waals surface area contributed by atoms with Crippen LogP contribution in [-0.4, -0.2) is 22.6 Å². The summed E-state index contributed by atoms with van der Waals surface area (Å²) in [5.74, 6) is -6.35. The van der Waals surface area contributed by atoms with Crippen molar-refractivity contribution in [3.63, 3.8) is 0 Å². The van der Waals surface area contributed by atoms with E-state index in [0.29, 0.717) is 28.1 Å². The largest absolute Gasteiger partial charge is 0.366 e. The van der Waals surface area contributed by atoms with Crippen LogP contribution in [0.1, 0.15) is 51.9 Å². The topological polar surface area (TPSA) is 102 Å². The van der Waals surface area contributed by atoms with Crippen LogP contribution < -0.4 is 11.1 Å². The van der Waals surface area contributed by atoms with Gasteiger partial charge in [-0.3, -0.25) is 19.4 Å². The Morgan fingerprint density at radius 3 is 2.41 bits per heavy atom. The van der Waals surface area contributed by atoms with Gasteiger partial charge in [0, 0.05) is 42.3 Å². The highest BCUT2D eigenvalue weighted by molar-refractivity contribution is 6.05. The van der Waals surface area contributed by atoms with Gasteiger partial charge in [0.1, 0.15) is 29.1 Å². The number of carbonyl (C=O) groups excluding carboxylic acids is 3. The fraction of sp³-hybridized carbons (Fsp3) is 0.161. The Hall–Kier alpha value is -4.86. The maximum Gasteiger partial charge on any atom is 0.251 e. The van der Waals surface area contributed by atoms with E-state index in [1.54, 1.807) is 12.1 Å². The van der Waals surface area contributed by atoms with Gasteiger partial charge in [-0.05, 0) is 71.6 Å². The van der Waals surface area contributed by atoms with Gasteiger partial charge in [0.05, 0.1) is 17.2 Å². The summed E-state index contributed by atoms with van der Waals surface area (Å²) in [5.41, 5.74) is 7.25. The number of nitrogens with one attached hydrogen (secondary N) is 1. The first kappa shape index (κ1) is 27.7. The van der Waals surface area contributed by atoms with Gasteiger partial charge in [-0.2, -0.15) is 0 Å². The van der Waals surface area contributed by atoms with Gasteiger partial charge in [0.2, 0.25) is 5.91 Å². The monoisotopic (exact) mass is 561 g/mol. The van der Waals surface area contributed by atoms with Crippen LogP contribution in [0, 0.1) is 23.3 Å². The van der Waals surface area contributed by atoms with Crippen molar-refractivity contribution in [2.45, 2.75) is 31.1 Å². The number of pyridine rings is 1. The fourth-order valence-electron chi connectivity index (χ4n) is 5.23. The Kier molecular flexibility index (Phi) is 7.65. The maximum absolute atomic E-state index is 14.2. The van der Waals surface area contributed by atoms with Gasteiger partial charge >= 0.3 is 0 Å². The van der Waals surface area contributed by atoms with Crippen LogP contribution >= 0.6 is 0 Å². The summed E-state index contributed by atoms with van der Waals surface area (Å²) in [6.45, 7) is 0. The summed E-state index contributed by atoms with van der Waals surface area (Å²) < 4.78 is 56.2. The number of amides is 2. The zero-order chi connectivity index (χ0) is 29.3. The zero-order valence-corrected chi connectivity index (χ0v) is 21.5. The number of aromatic nitrogens is 1. The van der Waals surface area contributed by atoms with E-state index in [-0.39, 0.29) is 36.2 Å². The van der Waals surface area contributed by atoms with E-state index in [1.165, 1.54) is 36.5 Å². The SMILES string of the molecule is NC(=O)c1cc(-c2cccnc2[C@@H](CC(=O)CC2C(=O)Nc3ccc(F)cc32)Cc2cc(F)cc(F)c2)ccc1F. The average molecular weight is 562 g/mol. The highest BCUT2D eigenvalue weighted by atomic mass is 19.1. The van der Waals surface area contributed by atoms with Gasteiger partial charge in [-0.15, -0.1) is 0 Å². The number of nitrogens with zero attached hydrogens (tertiary/aromatic N) is 1. The van der Waals surface area contributed by atoms with E-state index in [1.807, 2.05) is 0 Å². The Balaban J connectivity index is 1.51. The third-order valence-corrected chi connectivity index (χ3v) is 7.04. The van der Waals surface area contributed by atoms with Gasteiger partial charge < -0.3 is 11.1 Å². The van der Waals surface area contributed by atoms with E-state index >= 15 is 0 Å². The minimum Gasteiger partial charge on any atom is -0.366 e. The zero-order valence-electron chi connectivity index (χ0n) is 21.5. The number of primary amides is 1. The molecule has 0 fully saturated rings. The molecule has 3 N–H and O–H groups in total. The van der Waals surface area contributed by atoms with E-state index in [4.69, 9.17) is 5.73 Å². The molecule has 0 spiro atoms. The van der Waals surface area contributed by atoms with Crippen LogP contribution in [0.15, 0.2) is 72.9 Å². The van der Waals surface area contributed by atoms with Crippen LogP contribution in [0.4, 0.5) is 23.2 Å². The van der Waals surface area contributed by atoms with Crippen molar-refractivity contribution in [3.05, 3.63) is 119 Å². The molecule has 5 rings (SSSR count). The van der Waals surface area contributed by atoms with E-state index < -0.39 is 46.9 Å². The van der Waals surface area contributed by atoms with Gasteiger partial charge in [-0.25, -0.2) is 17.6 Å². The summed E-state index contributed by atoms with van der Waals surface area (Å²) >= 11 is 0. The number of Topliss-reactive ketones (excluding diaryl/α,β-unsaturated/α-hetero) is 1. The first-order valence-corrected chi connectivity index (χ1v) is 12.7. The number of anilines is 1. The Bertz CT molecular complexity index is 1670. The summed E-state index contributed by atoms with van der Waals surface area (Å²) in [6.07, 6.45) is 1.06. The van der Waals surface area contributed by atoms with Gasteiger partial charge in [0.25, 0.3) is 5.91 Å². The molecule has 0 saturated heterocycles. The van der Waals surface area contributed by atoms with Crippen molar-refractivity contribution >= 4 is 23.3 Å². The van der Waals surface area contributed by atoms with Crippen LogP contribution in [0.3, 0.4) is 0 Å². The summed E-state index contributed by atoms with van der Waals surface area (Å²) in [5, 5.41) is 2.65. The Morgan fingerprint density at radius 2 is 1.68 bits per heavy atom.